The standard InChI is InChI=1S/C8H8N2O3/c9-6-3-4(8(12)13)1-2-5(6)7(10)11/h1-3H,9H2,(H2,10,11)(H,12,13). The van der Waals surface area contributed by atoms with E-state index >= 15 is 0 Å². The van der Waals surface area contributed by atoms with E-state index in [-0.39, 0.29) is 16.8 Å². The molecule has 0 unspecified atom stereocenters. The van der Waals surface area contributed by atoms with Crippen molar-refractivity contribution in [2.45, 2.75) is 0 Å². The molecule has 0 bridgehead atoms. The first-order valence-electron chi connectivity index (χ1n) is 3.45. The number of carboxylic acids is 1. The molecule has 0 aliphatic carbocycles. The Morgan fingerprint density at radius 2 is 1.92 bits per heavy atom. The van der Waals surface area contributed by atoms with Gasteiger partial charge in [-0.2, -0.15) is 0 Å². The van der Waals surface area contributed by atoms with Crippen molar-refractivity contribution in [2.75, 3.05) is 5.73 Å². The molecule has 0 saturated heterocycles. The van der Waals surface area contributed by atoms with E-state index < -0.39 is 11.9 Å². The number of carboxylic acid groups (broad SMARTS) is 1. The summed E-state index contributed by atoms with van der Waals surface area (Å²) in [5.41, 5.74) is 10.6. The normalized spacial score (nSPS) is 9.54. The molecule has 1 aromatic carbocycles. The molecule has 0 aliphatic heterocycles. The van der Waals surface area contributed by atoms with Gasteiger partial charge in [0.05, 0.1) is 11.1 Å². The summed E-state index contributed by atoms with van der Waals surface area (Å²) in [6.07, 6.45) is 0. The van der Waals surface area contributed by atoms with Crippen molar-refractivity contribution in [3.05, 3.63) is 29.3 Å². The number of hydrogen-bond donors (Lipinski definition) is 3. The first-order chi connectivity index (χ1) is 6.02. The lowest BCUT2D eigenvalue weighted by Crippen LogP contribution is -2.14. The van der Waals surface area contributed by atoms with Gasteiger partial charge in [0.15, 0.2) is 0 Å². The van der Waals surface area contributed by atoms with Crippen LogP contribution in [0.4, 0.5) is 5.69 Å². The van der Waals surface area contributed by atoms with Gasteiger partial charge in [0.2, 0.25) is 0 Å². The minimum atomic E-state index is -1.09. The first-order valence-corrected chi connectivity index (χ1v) is 3.45. The van der Waals surface area contributed by atoms with E-state index in [2.05, 4.69) is 0 Å². The van der Waals surface area contributed by atoms with Gasteiger partial charge in [0.25, 0.3) is 5.91 Å². The predicted molar refractivity (Wildman–Crippen MR) is 46.3 cm³/mol. The second kappa shape index (κ2) is 3.14. The Hall–Kier alpha value is -2.04. The number of benzene rings is 1. The zero-order chi connectivity index (χ0) is 10.0. The second-order valence-corrected chi connectivity index (χ2v) is 2.47. The minimum absolute atomic E-state index is 0.0301. The van der Waals surface area contributed by atoms with Crippen molar-refractivity contribution in [2.24, 2.45) is 5.73 Å². The van der Waals surface area contributed by atoms with E-state index in [1.807, 2.05) is 0 Å². The molecule has 1 rings (SSSR count). The van der Waals surface area contributed by atoms with Crippen molar-refractivity contribution in [3.8, 4) is 0 Å². The maximum atomic E-state index is 10.7. The van der Waals surface area contributed by atoms with E-state index in [1.54, 1.807) is 0 Å². The Morgan fingerprint density at radius 3 is 2.31 bits per heavy atom. The van der Waals surface area contributed by atoms with Crippen molar-refractivity contribution >= 4 is 17.6 Å². The molecule has 0 aliphatic rings. The maximum absolute atomic E-state index is 10.7. The second-order valence-electron chi connectivity index (χ2n) is 2.47. The van der Waals surface area contributed by atoms with Crippen LogP contribution in [0.25, 0.3) is 0 Å². The fourth-order valence-electron chi connectivity index (χ4n) is 0.920. The average Bonchev–Trinajstić information content (AvgIpc) is 2.03. The van der Waals surface area contributed by atoms with Gasteiger partial charge in [0, 0.05) is 5.69 Å². The topological polar surface area (TPSA) is 106 Å². The molecule has 5 N–H and O–H groups in total. The van der Waals surface area contributed by atoms with Crippen LogP contribution in [0.1, 0.15) is 20.7 Å². The third-order valence-corrected chi connectivity index (χ3v) is 1.56. The SMILES string of the molecule is NC(=O)c1ccc(C(=O)O)cc1N. The van der Waals surface area contributed by atoms with Crippen LogP contribution in [-0.2, 0) is 0 Å². The van der Waals surface area contributed by atoms with Crippen LogP contribution in [0, 0.1) is 0 Å². The largest absolute Gasteiger partial charge is 0.478 e. The van der Waals surface area contributed by atoms with Crippen LogP contribution >= 0.6 is 0 Å². The van der Waals surface area contributed by atoms with Crippen molar-refractivity contribution in [1.29, 1.82) is 0 Å². The average molecular weight is 180 g/mol. The highest BCUT2D eigenvalue weighted by Gasteiger charge is 2.09. The third-order valence-electron chi connectivity index (χ3n) is 1.56. The fourth-order valence-corrected chi connectivity index (χ4v) is 0.920. The number of nitrogens with two attached hydrogens (primary N) is 2. The predicted octanol–water partition coefficient (Wildman–Crippen LogP) is 0.0659. The number of anilines is 1. The molecule has 5 nitrogen and oxygen atoms in total. The van der Waals surface area contributed by atoms with Crippen LogP contribution in [-0.4, -0.2) is 17.0 Å². The molecule has 0 fully saturated rings. The van der Waals surface area contributed by atoms with Gasteiger partial charge in [0.1, 0.15) is 0 Å². The molecular formula is C8H8N2O3. The molecule has 1 amide bonds. The number of rotatable bonds is 2. The van der Waals surface area contributed by atoms with Crippen molar-refractivity contribution in [1.82, 2.24) is 0 Å². The molecule has 0 saturated carbocycles. The lowest BCUT2D eigenvalue weighted by Gasteiger charge is -2.01. The summed E-state index contributed by atoms with van der Waals surface area (Å²) in [6.45, 7) is 0. The number of aromatic carboxylic acids is 1. The van der Waals surface area contributed by atoms with Gasteiger partial charge in [-0.3, -0.25) is 4.79 Å². The zero-order valence-electron chi connectivity index (χ0n) is 6.65. The van der Waals surface area contributed by atoms with Gasteiger partial charge in [-0.1, -0.05) is 0 Å². The van der Waals surface area contributed by atoms with Crippen LogP contribution in [0.5, 0.6) is 0 Å². The van der Waals surface area contributed by atoms with Gasteiger partial charge < -0.3 is 16.6 Å². The molecule has 0 aromatic heterocycles. The molecule has 13 heavy (non-hydrogen) atoms. The Morgan fingerprint density at radius 1 is 1.31 bits per heavy atom. The smallest absolute Gasteiger partial charge is 0.335 e. The van der Waals surface area contributed by atoms with Gasteiger partial charge in [-0.05, 0) is 18.2 Å². The maximum Gasteiger partial charge on any atom is 0.335 e. The Balaban J connectivity index is 3.20. The number of hydrogen-bond acceptors (Lipinski definition) is 3. The highest BCUT2D eigenvalue weighted by atomic mass is 16.4. The highest BCUT2D eigenvalue weighted by molar-refractivity contribution is 6.00. The summed E-state index contributed by atoms with van der Waals surface area (Å²) < 4.78 is 0. The number of amides is 1. The number of carbonyl (C=O) groups is 2. The summed E-state index contributed by atoms with van der Waals surface area (Å²) in [7, 11) is 0. The summed E-state index contributed by atoms with van der Waals surface area (Å²) >= 11 is 0. The van der Waals surface area contributed by atoms with E-state index in [4.69, 9.17) is 16.6 Å². The number of primary amides is 1. The molecule has 0 radical (unpaired) electrons. The van der Waals surface area contributed by atoms with Crippen LogP contribution in [0.15, 0.2) is 18.2 Å². The van der Waals surface area contributed by atoms with Gasteiger partial charge in [-0.15, -0.1) is 0 Å². The van der Waals surface area contributed by atoms with Crippen LogP contribution in [0.2, 0.25) is 0 Å². The van der Waals surface area contributed by atoms with Gasteiger partial charge in [-0.25, -0.2) is 4.79 Å². The number of carbonyl (C=O) groups excluding carboxylic acids is 1. The lowest BCUT2D eigenvalue weighted by molar-refractivity contribution is 0.0696. The van der Waals surface area contributed by atoms with E-state index in [0.29, 0.717) is 0 Å². The summed E-state index contributed by atoms with van der Waals surface area (Å²) in [6, 6.07) is 3.77. The Labute approximate surface area is 74.0 Å². The van der Waals surface area contributed by atoms with Crippen molar-refractivity contribution in [3.63, 3.8) is 0 Å². The summed E-state index contributed by atoms with van der Waals surface area (Å²) in [5, 5.41) is 8.57. The quantitative estimate of drug-likeness (QED) is 0.559. The molecule has 0 atom stereocenters. The van der Waals surface area contributed by atoms with E-state index in [0.717, 1.165) is 0 Å². The zero-order valence-corrected chi connectivity index (χ0v) is 6.65. The van der Waals surface area contributed by atoms with Crippen molar-refractivity contribution < 1.29 is 14.7 Å². The third kappa shape index (κ3) is 1.76. The summed E-state index contributed by atoms with van der Waals surface area (Å²) in [5.74, 6) is -1.77. The van der Waals surface area contributed by atoms with E-state index in [1.165, 1.54) is 18.2 Å². The minimum Gasteiger partial charge on any atom is -0.478 e. The first kappa shape index (κ1) is 9.05. The highest BCUT2D eigenvalue weighted by Crippen LogP contribution is 2.13. The van der Waals surface area contributed by atoms with E-state index in [9.17, 15) is 9.59 Å². The van der Waals surface area contributed by atoms with Crippen LogP contribution < -0.4 is 11.5 Å². The van der Waals surface area contributed by atoms with Gasteiger partial charge >= 0.3 is 5.97 Å². The Kier molecular flexibility index (Phi) is 2.19. The molecular weight excluding hydrogens is 172 g/mol. The molecule has 0 heterocycles. The monoisotopic (exact) mass is 180 g/mol. The lowest BCUT2D eigenvalue weighted by atomic mass is 10.1. The molecule has 68 valence electrons. The number of nitrogen functional groups attached to an aromatic ring is 1. The molecule has 0 spiro atoms. The Bertz CT molecular complexity index is 374. The molecule has 5 heteroatoms. The summed E-state index contributed by atoms with van der Waals surface area (Å²) in [4.78, 5) is 21.2. The van der Waals surface area contributed by atoms with Crippen LogP contribution in [0.3, 0.4) is 0 Å². The molecule has 1 aromatic rings. The fraction of sp³-hybridized carbons (Fsp3) is 0.